The van der Waals surface area contributed by atoms with Gasteiger partial charge in [-0.05, 0) is 38.6 Å². The summed E-state index contributed by atoms with van der Waals surface area (Å²) >= 11 is 0. The second-order valence-electron chi connectivity index (χ2n) is 3.85. The molecule has 0 bridgehead atoms. The lowest BCUT2D eigenvalue weighted by atomic mass is 10.2. The van der Waals surface area contributed by atoms with Crippen LogP contribution in [0.1, 0.15) is 32.1 Å². The van der Waals surface area contributed by atoms with Crippen LogP contribution in [0.5, 0.6) is 0 Å². The van der Waals surface area contributed by atoms with Gasteiger partial charge in [0.25, 0.3) is 0 Å². The number of hydrogen-bond donors (Lipinski definition) is 1. The molecule has 1 heterocycles. The molecular formula is C9H17NO. The van der Waals surface area contributed by atoms with E-state index in [1.54, 1.807) is 0 Å². The SMILES string of the molecule is OC1CCCN(C2CC2)CC1. The van der Waals surface area contributed by atoms with E-state index < -0.39 is 0 Å². The highest BCUT2D eigenvalue weighted by Gasteiger charge is 2.29. The normalized spacial score (nSPS) is 35.2. The zero-order valence-corrected chi connectivity index (χ0v) is 7.00. The Morgan fingerprint density at radius 2 is 1.82 bits per heavy atom. The molecule has 0 aromatic rings. The molecule has 2 nitrogen and oxygen atoms in total. The quantitative estimate of drug-likeness (QED) is 0.610. The van der Waals surface area contributed by atoms with Crippen LogP contribution in [0.15, 0.2) is 0 Å². The van der Waals surface area contributed by atoms with E-state index in [2.05, 4.69) is 4.90 Å². The zero-order valence-electron chi connectivity index (χ0n) is 7.00. The number of rotatable bonds is 1. The van der Waals surface area contributed by atoms with E-state index in [9.17, 15) is 5.11 Å². The van der Waals surface area contributed by atoms with Crippen LogP contribution in [0.3, 0.4) is 0 Å². The largest absolute Gasteiger partial charge is 0.393 e. The first kappa shape index (κ1) is 7.56. The smallest absolute Gasteiger partial charge is 0.0553 e. The molecule has 0 aromatic heterocycles. The summed E-state index contributed by atoms with van der Waals surface area (Å²) in [6.45, 7) is 2.35. The summed E-state index contributed by atoms with van der Waals surface area (Å²) in [5.74, 6) is 0. The van der Waals surface area contributed by atoms with Gasteiger partial charge in [0.1, 0.15) is 0 Å². The average molecular weight is 155 g/mol. The van der Waals surface area contributed by atoms with Gasteiger partial charge in [-0.15, -0.1) is 0 Å². The van der Waals surface area contributed by atoms with Gasteiger partial charge in [-0.25, -0.2) is 0 Å². The lowest BCUT2D eigenvalue weighted by molar-refractivity contribution is 0.154. The van der Waals surface area contributed by atoms with Crippen LogP contribution < -0.4 is 0 Å². The highest BCUT2D eigenvalue weighted by atomic mass is 16.3. The Bertz CT molecular complexity index is 134. The van der Waals surface area contributed by atoms with Crippen molar-refractivity contribution in [3.8, 4) is 0 Å². The van der Waals surface area contributed by atoms with Crippen molar-refractivity contribution in [3.05, 3.63) is 0 Å². The molecule has 0 amide bonds. The predicted octanol–water partition coefficient (Wildman–Crippen LogP) is 0.996. The van der Waals surface area contributed by atoms with Crippen LogP contribution in [0, 0.1) is 0 Å². The van der Waals surface area contributed by atoms with E-state index in [0.29, 0.717) is 0 Å². The topological polar surface area (TPSA) is 23.5 Å². The Hall–Kier alpha value is -0.0800. The van der Waals surface area contributed by atoms with E-state index in [4.69, 9.17) is 0 Å². The summed E-state index contributed by atoms with van der Waals surface area (Å²) in [6, 6.07) is 0.889. The monoisotopic (exact) mass is 155 g/mol. The first-order chi connectivity index (χ1) is 5.36. The molecule has 1 atom stereocenters. The van der Waals surface area contributed by atoms with Gasteiger partial charge >= 0.3 is 0 Å². The maximum atomic E-state index is 9.38. The summed E-state index contributed by atoms with van der Waals surface area (Å²) < 4.78 is 0. The first-order valence-electron chi connectivity index (χ1n) is 4.78. The van der Waals surface area contributed by atoms with Crippen molar-refractivity contribution in [2.45, 2.75) is 44.2 Å². The fourth-order valence-electron chi connectivity index (χ4n) is 1.91. The minimum Gasteiger partial charge on any atom is -0.393 e. The third-order valence-corrected chi connectivity index (χ3v) is 2.80. The highest BCUT2D eigenvalue weighted by Crippen LogP contribution is 2.28. The lowest BCUT2D eigenvalue weighted by Crippen LogP contribution is -2.27. The third-order valence-electron chi connectivity index (χ3n) is 2.80. The molecule has 1 aliphatic carbocycles. The average Bonchev–Trinajstić information content (AvgIpc) is 2.73. The lowest BCUT2D eigenvalue weighted by Gasteiger charge is -2.18. The molecule has 0 spiro atoms. The van der Waals surface area contributed by atoms with Crippen molar-refractivity contribution in [1.29, 1.82) is 0 Å². The molecule has 0 aromatic carbocycles. The summed E-state index contributed by atoms with van der Waals surface area (Å²) in [7, 11) is 0. The molecule has 0 radical (unpaired) electrons. The minimum atomic E-state index is -0.0150. The van der Waals surface area contributed by atoms with E-state index in [0.717, 1.165) is 25.4 Å². The van der Waals surface area contributed by atoms with Crippen molar-refractivity contribution in [2.24, 2.45) is 0 Å². The maximum absolute atomic E-state index is 9.38. The second-order valence-corrected chi connectivity index (χ2v) is 3.85. The maximum Gasteiger partial charge on any atom is 0.0553 e. The molecule has 1 saturated heterocycles. The summed E-state index contributed by atoms with van der Waals surface area (Å²) in [5.41, 5.74) is 0. The van der Waals surface area contributed by atoms with Crippen molar-refractivity contribution >= 4 is 0 Å². The molecular weight excluding hydrogens is 138 g/mol. The molecule has 1 unspecified atom stereocenters. The Balaban J connectivity index is 1.82. The Morgan fingerprint density at radius 3 is 2.55 bits per heavy atom. The number of aliphatic hydroxyl groups is 1. The molecule has 64 valence electrons. The van der Waals surface area contributed by atoms with Crippen molar-refractivity contribution in [3.63, 3.8) is 0 Å². The van der Waals surface area contributed by atoms with Gasteiger partial charge in [-0.3, -0.25) is 0 Å². The number of aliphatic hydroxyl groups excluding tert-OH is 1. The van der Waals surface area contributed by atoms with E-state index >= 15 is 0 Å². The Kier molecular flexibility index (Phi) is 2.14. The zero-order chi connectivity index (χ0) is 7.68. The van der Waals surface area contributed by atoms with Gasteiger partial charge in [0.15, 0.2) is 0 Å². The molecule has 2 rings (SSSR count). The van der Waals surface area contributed by atoms with Crippen molar-refractivity contribution in [1.82, 2.24) is 4.90 Å². The van der Waals surface area contributed by atoms with Gasteiger partial charge in [0.2, 0.25) is 0 Å². The summed E-state index contributed by atoms with van der Waals surface area (Å²) in [5, 5.41) is 9.38. The molecule has 1 aliphatic heterocycles. The van der Waals surface area contributed by atoms with Crippen LogP contribution in [0.2, 0.25) is 0 Å². The van der Waals surface area contributed by atoms with E-state index in [1.807, 2.05) is 0 Å². The molecule has 1 saturated carbocycles. The van der Waals surface area contributed by atoms with Crippen LogP contribution in [-0.4, -0.2) is 35.2 Å². The molecule has 11 heavy (non-hydrogen) atoms. The number of likely N-dealkylation sites (tertiary alicyclic amines) is 1. The fourth-order valence-corrected chi connectivity index (χ4v) is 1.91. The van der Waals surface area contributed by atoms with Crippen molar-refractivity contribution in [2.75, 3.05) is 13.1 Å². The first-order valence-corrected chi connectivity index (χ1v) is 4.78. The number of nitrogens with zero attached hydrogens (tertiary/aromatic N) is 1. The molecule has 2 aliphatic rings. The Morgan fingerprint density at radius 1 is 1.00 bits per heavy atom. The Labute approximate surface area is 68.2 Å². The van der Waals surface area contributed by atoms with E-state index in [1.165, 1.54) is 25.8 Å². The van der Waals surface area contributed by atoms with Crippen LogP contribution >= 0.6 is 0 Å². The van der Waals surface area contributed by atoms with Gasteiger partial charge in [0, 0.05) is 12.6 Å². The predicted molar refractivity (Wildman–Crippen MR) is 44.5 cm³/mol. The standard InChI is InChI=1S/C9H17NO/c11-9-2-1-6-10(7-5-9)8-3-4-8/h8-9,11H,1-7H2. The van der Waals surface area contributed by atoms with Gasteiger partial charge in [0.05, 0.1) is 6.10 Å². The summed E-state index contributed by atoms with van der Waals surface area (Å²) in [6.07, 6.45) is 5.99. The van der Waals surface area contributed by atoms with Crippen LogP contribution in [0.4, 0.5) is 0 Å². The summed E-state index contributed by atoms with van der Waals surface area (Å²) in [4.78, 5) is 2.55. The van der Waals surface area contributed by atoms with E-state index in [-0.39, 0.29) is 6.10 Å². The minimum absolute atomic E-state index is 0.0150. The molecule has 2 heteroatoms. The molecule has 1 N–H and O–H groups in total. The molecule has 2 fully saturated rings. The van der Waals surface area contributed by atoms with Crippen LogP contribution in [-0.2, 0) is 0 Å². The van der Waals surface area contributed by atoms with Crippen molar-refractivity contribution < 1.29 is 5.11 Å². The van der Waals surface area contributed by atoms with Gasteiger partial charge in [-0.1, -0.05) is 0 Å². The van der Waals surface area contributed by atoms with Crippen LogP contribution in [0.25, 0.3) is 0 Å². The van der Waals surface area contributed by atoms with Gasteiger partial charge in [-0.2, -0.15) is 0 Å². The number of hydrogen-bond acceptors (Lipinski definition) is 2. The fraction of sp³-hybridized carbons (Fsp3) is 1.00. The third kappa shape index (κ3) is 1.94. The second kappa shape index (κ2) is 3.11. The van der Waals surface area contributed by atoms with Gasteiger partial charge < -0.3 is 10.0 Å². The highest BCUT2D eigenvalue weighted by molar-refractivity contribution is 4.86.